The maximum atomic E-state index is 13.6. The number of carbonyl (C=O) groups excluding carboxylic acids is 2. The van der Waals surface area contributed by atoms with Gasteiger partial charge in [-0.3, -0.25) is 4.79 Å². The fraction of sp³-hybridized carbons (Fsp3) is 0.429. The van der Waals surface area contributed by atoms with Gasteiger partial charge in [-0.15, -0.1) is 0 Å². The minimum atomic E-state index is -2.63. The van der Waals surface area contributed by atoms with E-state index in [9.17, 15) is 19.8 Å². The molecule has 1 saturated heterocycles. The average Bonchev–Trinajstić information content (AvgIpc) is 3.41. The van der Waals surface area contributed by atoms with E-state index in [1.54, 1.807) is 42.5 Å². The van der Waals surface area contributed by atoms with Crippen LogP contribution in [-0.4, -0.2) is 88.3 Å². The van der Waals surface area contributed by atoms with Gasteiger partial charge in [0.1, 0.15) is 23.6 Å². The number of nitrogens with two attached hydrogens (primary N) is 2. The van der Waals surface area contributed by atoms with Crippen molar-refractivity contribution in [2.75, 3.05) is 19.7 Å². The lowest BCUT2D eigenvalue weighted by Gasteiger charge is -2.48. The van der Waals surface area contributed by atoms with Gasteiger partial charge in [-0.05, 0) is 30.0 Å². The molecule has 14 heteroatoms. The van der Waals surface area contributed by atoms with Crippen LogP contribution < -0.4 is 36.9 Å². The molecule has 3 unspecified atom stereocenters. The summed E-state index contributed by atoms with van der Waals surface area (Å²) in [5.41, 5.74) is 11.6. The standard InChI is InChI=1S/C28H34N8O6/c1-26(2)11-12-41-20-16(9-6-10-17(20)26)22(37)33-19-14-36-24(30)32-18(13-31-25(38)42-15-7-4-3-5-8-15)21-27(36,28(19,39)40)35-23(29)34-21/h3-10,18-19,21,39-40H,11-14H2,1-2H3,(H2,30,32)(H,31,38)(H,33,37)(H3,29,34,35)/t18-,19?,21?,27?/m0/s1. The number of rotatable bonds is 5. The number of para-hydroxylation sites is 2. The van der Waals surface area contributed by atoms with E-state index >= 15 is 0 Å². The molecular weight excluding hydrogens is 544 g/mol. The van der Waals surface area contributed by atoms with Crippen LogP contribution in [-0.2, 0) is 5.41 Å². The zero-order valence-electron chi connectivity index (χ0n) is 23.2. The van der Waals surface area contributed by atoms with Gasteiger partial charge in [0.2, 0.25) is 5.79 Å². The number of nitrogens with zero attached hydrogens (tertiary/aromatic N) is 3. The van der Waals surface area contributed by atoms with Crippen molar-refractivity contribution in [3.05, 3.63) is 59.7 Å². The summed E-state index contributed by atoms with van der Waals surface area (Å²) in [7, 11) is 0. The van der Waals surface area contributed by atoms with Crippen LogP contribution in [0.5, 0.6) is 11.5 Å². The topological polar surface area (TPSA) is 209 Å². The third-order valence-electron chi connectivity index (χ3n) is 8.48. The molecule has 2 aromatic rings. The molecule has 4 heterocycles. The lowest BCUT2D eigenvalue weighted by molar-refractivity contribution is -0.230. The van der Waals surface area contributed by atoms with Crippen molar-refractivity contribution >= 4 is 23.9 Å². The van der Waals surface area contributed by atoms with Gasteiger partial charge >= 0.3 is 6.09 Å². The lowest BCUT2D eigenvalue weighted by atomic mass is 9.79. The summed E-state index contributed by atoms with van der Waals surface area (Å²) in [5, 5.41) is 31.7. The predicted octanol–water partition coefficient (Wildman–Crippen LogP) is -0.690. The second-order valence-electron chi connectivity index (χ2n) is 11.5. The summed E-state index contributed by atoms with van der Waals surface area (Å²) in [6, 6.07) is 10.8. The molecule has 9 N–H and O–H groups in total. The molecule has 4 aliphatic heterocycles. The van der Waals surface area contributed by atoms with E-state index < -0.39 is 41.6 Å². The number of hydrogen-bond donors (Lipinski definition) is 7. The second-order valence-corrected chi connectivity index (χ2v) is 11.5. The zero-order chi connectivity index (χ0) is 29.9. The Balaban J connectivity index is 1.24. The summed E-state index contributed by atoms with van der Waals surface area (Å²) in [5.74, 6) is -2.46. The van der Waals surface area contributed by atoms with Crippen LogP contribution >= 0.6 is 0 Å². The zero-order valence-corrected chi connectivity index (χ0v) is 23.2. The fourth-order valence-corrected chi connectivity index (χ4v) is 6.25. The third-order valence-corrected chi connectivity index (χ3v) is 8.48. The SMILES string of the molecule is CC1(C)CCOc2c(C(=O)NC3CN4C(N)=N[C@@H](CNC(=O)Oc5ccccc5)C5N=C(N)NC54C3(O)O)cccc21. The first kappa shape index (κ1) is 27.6. The van der Waals surface area contributed by atoms with Gasteiger partial charge < -0.3 is 52.0 Å². The highest BCUT2D eigenvalue weighted by atomic mass is 16.6. The van der Waals surface area contributed by atoms with E-state index in [2.05, 4.69) is 39.8 Å². The van der Waals surface area contributed by atoms with Crippen molar-refractivity contribution in [3.63, 3.8) is 0 Å². The van der Waals surface area contributed by atoms with Gasteiger partial charge in [0, 0.05) is 18.7 Å². The molecule has 0 saturated carbocycles. The van der Waals surface area contributed by atoms with Crippen molar-refractivity contribution in [3.8, 4) is 11.5 Å². The Morgan fingerprint density at radius 1 is 1.14 bits per heavy atom. The van der Waals surface area contributed by atoms with E-state index in [1.165, 1.54) is 4.90 Å². The average molecular weight is 579 g/mol. The van der Waals surface area contributed by atoms with Crippen molar-refractivity contribution in [2.24, 2.45) is 21.5 Å². The Hall–Kier alpha value is -4.56. The molecular formula is C28H34N8O6. The smallest absolute Gasteiger partial charge is 0.412 e. The van der Waals surface area contributed by atoms with Crippen LogP contribution in [0.25, 0.3) is 0 Å². The number of amides is 2. The van der Waals surface area contributed by atoms with Crippen LogP contribution in [0.2, 0.25) is 0 Å². The number of guanidine groups is 2. The first-order valence-electron chi connectivity index (χ1n) is 13.7. The van der Waals surface area contributed by atoms with E-state index in [4.69, 9.17) is 20.9 Å². The van der Waals surface area contributed by atoms with E-state index in [0.29, 0.717) is 18.1 Å². The highest BCUT2D eigenvalue weighted by Crippen LogP contribution is 2.45. The maximum absolute atomic E-state index is 13.6. The third kappa shape index (κ3) is 4.25. The van der Waals surface area contributed by atoms with Gasteiger partial charge in [-0.25, -0.2) is 14.8 Å². The molecule has 4 aliphatic rings. The number of hydrogen-bond acceptors (Lipinski definition) is 12. The predicted molar refractivity (Wildman–Crippen MR) is 152 cm³/mol. The molecule has 222 valence electrons. The van der Waals surface area contributed by atoms with Crippen molar-refractivity contribution < 1.29 is 29.3 Å². The van der Waals surface area contributed by atoms with Crippen molar-refractivity contribution in [1.29, 1.82) is 0 Å². The second kappa shape index (κ2) is 9.77. The van der Waals surface area contributed by atoms with E-state index in [-0.39, 0.29) is 36.0 Å². The summed E-state index contributed by atoms with van der Waals surface area (Å²) in [6.07, 6.45) is 0.0658. The summed E-state index contributed by atoms with van der Waals surface area (Å²) >= 11 is 0. The van der Waals surface area contributed by atoms with Crippen molar-refractivity contribution in [1.82, 2.24) is 20.9 Å². The minimum absolute atomic E-state index is 0.0433. The fourth-order valence-electron chi connectivity index (χ4n) is 6.25. The van der Waals surface area contributed by atoms with Gasteiger partial charge in [0.05, 0.1) is 18.2 Å². The minimum Gasteiger partial charge on any atom is -0.492 e. The van der Waals surface area contributed by atoms with Crippen LogP contribution in [0, 0.1) is 0 Å². The van der Waals surface area contributed by atoms with Crippen LogP contribution in [0.1, 0.15) is 36.2 Å². The molecule has 6 rings (SSSR count). The first-order valence-corrected chi connectivity index (χ1v) is 13.7. The van der Waals surface area contributed by atoms with Crippen LogP contribution in [0.4, 0.5) is 4.79 Å². The lowest BCUT2D eigenvalue weighted by Crippen LogP contribution is -2.78. The van der Waals surface area contributed by atoms with Crippen molar-refractivity contribution in [2.45, 2.75) is 55.3 Å². The molecule has 0 aromatic heterocycles. The summed E-state index contributed by atoms with van der Waals surface area (Å²) in [6.45, 7) is 4.42. The number of ether oxygens (including phenoxy) is 2. The van der Waals surface area contributed by atoms with Gasteiger partial charge in [-0.1, -0.05) is 44.2 Å². The summed E-state index contributed by atoms with van der Waals surface area (Å²) < 4.78 is 11.2. The Morgan fingerprint density at radius 3 is 2.67 bits per heavy atom. The van der Waals surface area contributed by atoms with Gasteiger partial charge in [0.15, 0.2) is 17.6 Å². The summed E-state index contributed by atoms with van der Waals surface area (Å²) in [4.78, 5) is 36.3. The van der Waals surface area contributed by atoms with Gasteiger partial charge in [-0.2, -0.15) is 0 Å². The van der Waals surface area contributed by atoms with E-state index in [0.717, 1.165) is 12.0 Å². The molecule has 0 aliphatic carbocycles. The molecule has 0 radical (unpaired) electrons. The first-order chi connectivity index (χ1) is 19.9. The number of aliphatic hydroxyl groups is 2. The van der Waals surface area contributed by atoms with Crippen LogP contribution in [0.15, 0.2) is 58.5 Å². The number of fused-ring (bicyclic) bond motifs is 1. The molecule has 0 bridgehead atoms. The molecule has 42 heavy (non-hydrogen) atoms. The molecule has 1 spiro atoms. The quantitative estimate of drug-likeness (QED) is 0.222. The normalized spacial score (nSPS) is 28.1. The maximum Gasteiger partial charge on any atom is 0.412 e. The molecule has 4 atom stereocenters. The van der Waals surface area contributed by atoms with E-state index in [1.807, 2.05) is 6.07 Å². The molecule has 2 amide bonds. The molecule has 14 nitrogen and oxygen atoms in total. The number of benzene rings is 2. The highest BCUT2D eigenvalue weighted by molar-refractivity contribution is 5.98. The van der Waals surface area contributed by atoms with Crippen LogP contribution in [0.3, 0.4) is 0 Å². The van der Waals surface area contributed by atoms with Gasteiger partial charge in [0.25, 0.3) is 5.91 Å². The molecule has 2 aromatic carbocycles. The number of carbonyl (C=O) groups is 2. The Labute approximate surface area is 241 Å². The number of nitrogens with one attached hydrogen (secondary N) is 3. The Bertz CT molecular complexity index is 1480. The molecule has 1 fully saturated rings. The number of aliphatic imine (C=N–C) groups is 2. The highest BCUT2D eigenvalue weighted by Gasteiger charge is 2.73. The Morgan fingerprint density at radius 2 is 1.90 bits per heavy atom. The monoisotopic (exact) mass is 578 g/mol. The largest absolute Gasteiger partial charge is 0.492 e. The Kier molecular flexibility index (Phi) is 6.42.